The van der Waals surface area contributed by atoms with E-state index >= 15 is 0 Å². The second kappa shape index (κ2) is 6.85. The van der Waals surface area contributed by atoms with Crippen LogP contribution in [0.1, 0.15) is 45.7 Å². The minimum Gasteiger partial charge on any atom is -0.434 e. The van der Waals surface area contributed by atoms with Crippen molar-refractivity contribution in [1.82, 2.24) is 5.32 Å². The molecule has 0 fully saturated rings. The number of para-hydroxylation sites is 1. The van der Waals surface area contributed by atoms with Gasteiger partial charge in [0.2, 0.25) is 0 Å². The van der Waals surface area contributed by atoms with Gasteiger partial charge in [0.05, 0.1) is 0 Å². The van der Waals surface area contributed by atoms with E-state index in [0.717, 1.165) is 18.5 Å². The molecule has 0 radical (unpaired) electrons. The summed E-state index contributed by atoms with van der Waals surface area (Å²) in [5, 5.41) is 3.38. The second-order valence-electron chi connectivity index (χ2n) is 5.54. The number of hydrogen-bond donors (Lipinski definition) is 1. The van der Waals surface area contributed by atoms with Gasteiger partial charge in [-0.25, -0.2) is 0 Å². The van der Waals surface area contributed by atoms with E-state index in [1.165, 1.54) is 0 Å². The van der Waals surface area contributed by atoms with Gasteiger partial charge in [-0.1, -0.05) is 39.0 Å². The van der Waals surface area contributed by atoms with Gasteiger partial charge in [0, 0.05) is 18.2 Å². The highest BCUT2D eigenvalue weighted by Crippen LogP contribution is 2.27. The third kappa shape index (κ3) is 5.15. The molecule has 0 aliphatic rings. The van der Waals surface area contributed by atoms with E-state index in [1.54, 1.807) is 12.1 Å². The summed E-state index contributed by atoms with van der Waals surface area (Å²) >= 11 is 0. The summed E-state index contributed by atoms with van der Waals surface area (Å²) in [4.78, 5) is 0. The molecule has 0 aliphatic heterocycles. The fourth-order valence-corrected chi connectivity index (χ4v) is 1.71. The normalized spacial score (nSPS) is 13.6. The van der Waals surface area contributed by atoms with Crippen molar-refractivity contribution in [3.63, 3.8) is 0 Å². The topological polar surface area (TPSA) is 21.3 Å². The van der Waals surface area contributed by atoms with Crippen LogP contribution in [0.15, 0.2) is 24.3 Å². The molecule has 1 N–H and O–H groups in total. The third-order valence-corrected chi connectivity index (χ3v) is 3.45. The molecule has 0 amide bonds. The molecule has 0 bridgehead atoms. The Morgan fingerprint density at radius 2 is 1.89 bits per heavy atom. The van der Waals surface area contributed by atoms with Crippen LogP contribution in [0, 0.1) is 5.41 Å². The second-order valence-corrected chi connectivity index (χ2v) is 5.54. The van der Waals surface area contributed by atoms with Crippen LogP contribution in [0.4, 0.5) is 8.78 Å². The summed E-state index contributed by atoms with van der Waals surface area (Å²) in [5.41, 5.74) is 0.946. The predicted octanol–water partition coefficient (Wildman–Crippen LogP) is 4.37. The van der Waals surface area contributed by atoms with Crippen molar-refractivity contribution in [2.75, 3.05) is 6.54 Å². The highest BCUT2D eigenvalue weighted by molar-refractivity contribution is 5.35. The molecule has 1 atom stereocenters. The van der Waals surface area contributed by atoms with Crippen molar-refractivity contribution in [3.05, 3.63) is 29.8 Å². The van der Waals surface area contributed by atoms with Crippen LogP contribution in [0.25, 0.3) is 0 Å². The van der Waals surface area contributed by atoms with Gasteiger partial charge in [0.25, 0.3) is 0 Å². The highest BCUT2D eigenvalue weighted by atomic mass is 19.3. The van der Waals surface area contributed by atoms with Crippen LogP contribution in [-0.4, -0.2) is 13.2 Å². The van der Waals surface area contributed by atoms with E-state index in [2.05, 4.69) is 30.8 Å². The van der Waals surface area contributed by atoms with Crippen LogP contribution in [0.3, 0.4) is 0 Å². The number of nitrogens with one attached hydrogen (secondary N) is 1. The van der Waals surface area contributed by atoms with E-state index in [4.69, 9.17) is 0 Å². The Kier molecular flexibility index (Phi) is 5.73. The number of alkyl halides is 2. The van der Waals surface area contributed by atoms with Gasteiger partial charge in [0.15, 0.2) is 0 Å². The summed E-state index contributed by atoms with van der Waals surface area (Å²) in [7, 11) is 0. The summed E-state index contributed by atoms with van der Waals surface area (Å²) in [6.45, 7) is 6.48. The number of benzene rings is 1. The number of ether oxygens (including phenoxy) is 1. The van der Waals surface area contributed by atoms with E-state index in [1.807, 2.05) is 19.1 Å². The lowest BCUT2D eigenvalue weighted by atomic mass is 9.90. The van der Waals surface area contributed by atoms with Crippen LogP contribution >= 0.6 is 0 Å². The number of rotatable bonds is 7. The van der Waals surface area contributed by atoms with E-state index in [-0.39, 0.29) is 17.2 Å². The minimum absolute atomic E-state index is 0.0271. The fourth-order valence-electron chi connectivity index (χ4n) is 1.71. The molecule has 0 saturated heterocycles. The Morgan fingerprint density at radius 1 is 1.26 bits per heavy atom. The van der Waals surface area contributed by atoms with Gasteiger partial charge >= 0.3 is 6.61 Å². The van der Waals surface area contributed by atoms with Crippen LogP contribution in [0.5, 0.6) is 5.75 Å². The lowest BCUT2D eigenvalue weighted by Gasteiger charge is -2.26. The molecule has 1 aromatic carbocycles. The predicted molar refractivity (Wildman–Crippen MR) is 73.6 cm³/mol. The maximum absolute atomic E-state index is 12.4. The molecule has 1 aromatic rings. The quantitative estimate of drug-likeness (QED) is 0.795. The molecular formula is C15H23F2NO. The standard InChI is InChI=1S/C15H23F2NO/c1-5-15(3,4)10-18-11(2)12-8-6-7-9-13(12)19-14(16)17/h6-9,11,14,18H,5,10H2,1-4H3. The van der Waals surface area contributed by atoms with Gasteiger partial charge in [-0.2, -0.15) is 8.78 Å². The monoisotopic (exact) mass is 271 g/mol. The SMILES string of the molecule is CCC(C)(C)CNC(C)c1ccccc1OC(F)F. The zero-order valence-electron chi connectivity index (χ0n) is 12.0. The molecule has 108 valence electrons. The van der Waals surface area contributed by atoms with Gasteiger partial charge in [-0.3, -0.25) is 0 Å². The number of halogens is 2. The smallest absolute Gasteiger partial charge is 0.387 e. The summed E-state index contributed by atoms with van der Waals surface area (Å²) in [5.74, 6) is 0.242. The summed E-state index contributed by atoms with van der Waals surface area (Å²) < 4.78 is 29.3. The van der Waals surface area contributed by atoms with Crippen molar-refractivity contribution in [2.24, 2.45) is 5.41 Å². The first-order chi connectivity index (χ1) is 8.85. The van der Waals surface area contributed by atoms with Gasteiger partial charge in [-0.05, 0) is 24.8 Å². The Hall–Kier alpha value is -1.16. The Bertz CT molecular complexity index is 393. The Labute approximate surface area is 114 Å². The molecule has 4 heteroatoms. The summed E-state index contributed by atoms with van der Waals surface area (Å²) in [6.07, 6.45) is 1.06. The average molecular weight is 271 g/mol. The molecule has 0 aliphatic carbocycles. The molecular weight excluding hydrogens is 248 g/mol. The minimum atomic E-state index is -2.79. The zero-order valence-corrected chi connectivity index (χ0v) is 12.0. The molecule has 0 heterocycles. The molecule has 0 saturated carbocycles. The molecule has 0 aromatic heterocycles. The maximum Gasteiger partial charge on any atom is 0.387 e. The van der Waals surface area contributed by atoms with Gasteiger partial charge in [-0.15, -0.1) is 0 Å². The lowest BCUT2D eigenvalue weighted by molar-refractivity contribution is -0.0506. The van der Waals surface area contributed by atoms with Gasteiger partial charge in [0.1, 0.15) is 5.75 Å². The zero-order chi connectivity index (χ0) is 14.5. The third-order valence-electron chi connectivity index (χ3n) is 3.45. The fraction of sp³-hybridized carbons (Fsp3) is 0.600. The average Bonchev–Trinajstić information content (AvgIpc) is 2.36. The highest BCUT2D eigenvalue weighted by Gasteiger charge is 2.18. The number of hydrogen-bond acceptors (Lipinski definition) is 2. The largest absolute Gasteiger partial charge is 0.434 e. The molecule has 1 rings (SSSR count). The Balaban J connectivity index is 2.73. The molecule has 0 spiro atoms. The van der Waals surface area contributed by atoms with Gasteiger partial charge < -0.3 is 10.1 Å². The van der Waals surface area contributed by atoms with Crippen molar-refractivity contribution in [3.8, 4) is 5.75 Å². The van der Waals surface area contributed by atoms with Crippen molar-refractivity contribution >= 4 is 0 Å². The van der Waals surface area contributed by atoms with Crippen molar-refractivity contribution < 1.29 is 13.5 Å². The van der Waals surface area contributed by atoms with Crippen LogP contribution in [-0.2, 0) is 0 Å². The first-order valence-corrected chi connectivity index (χ1v) is 6.63. The molecule has 2 nitrogen and oxygen atoms in total. The van der Waals surface area contributed by atoms with Crippen molar-refractivity contribution in [2.45, 2.75) is 46.8 Å². The lowest BCUT2D eigenvalue weighted by Crippen LogP contribution is -2.31. The van der Waals surface area contributed by atoms with E-state index in [0.29, 0.717) is 0 Å². The maximum atomic E-state index is 12.4. The van der Waals surface area contributed by atoms with E-state index in [9.17, 15) is 8.78 Å². The molecule has 19 heavy (non-hydrogen) atoms. The summed E-state index contributed by atoms with van der Waals surface area (Å²) in [6, 6.07) is 6.89. The van der Waals surface area contributed by atoms with Crippen LogP contribution < -0.4 is 10.1 Å². The van der Waals surface area contributed by atoms with Crippen molar-refractivity contribution in [1.29, 1.82) is 0 Å². The first-order valence-electron chi connectivity index (χ1n) is 6.63. The van der Waals surface area contributed by atoms with E-state index < -0.39 is 6.61 Å². The van der Waals surface area contributed by atoms with Crippen LogP contribution in [0.2, 0.25) is 0 Å². The Morgan fingerprint density at radius 3 is 2.47 bits per heavy atom. The molecule has 1 unspecified atom stereocenters. The first kappa shape index (κ1) is 15.9.